The number of nitrogens with zero attached hydrogens (tertiary/aromatic N) is 4. The molecule has 4 rings (SSSR count). The maximum absolute atomic E-state index is 12.8. The Labute approximate surface area is 165 Å². The van der Waals surface area contributed by atoms with Gasteiger partial charge in [-0.1, -0.05) is 24.3 Å². The number of benzene rings is 1. The van der Waals surface area contributed by atoms with Crippen LogP contribution in [0.4, 0.5) is 5.69 Å². The van der Waals surface area contributed by atoms with Gasteiger partial charge in [0.05, 0.1) is 17.9 Å². The molecular weight excluding hydrogens is 352 g/mol. The summed E-state index contributed by atoms with van der Waals surface area (Å²) in [5.41, 5.74) is 5.48. The number of pyridine rings is 1. The molecule has 144 valence electrons. The molecule has 6 heteroatoms. The van der Waals surface area contributed by atoms with E-state index >= 15 is 0 Å². The van der Waals surface area contributed by atoms with Gasteiger partial charge in [-0.3, -0.25) is 14.8 Å². The molecule has 1 aromatic heterocycles. The first-order chi connectivity index (χ1) is 13.7. The minimum atomic E-state index is -0.0684. The molecule has 0 N–H and O–H groups in total. The molecule has 3 heterocycles. The number of carbonyl (C=O) groups is 1. The van der Waals surface area contributed by atoms with Gasteiger partial charge >= 0.3 is 0 Å². The number of allylic oxidation sites excluding steroid dienone is 1. The molecule has 0 saturated carbocycles. The highest BCUT2D eigenvalue weighted by Gasteiger charge is 2.38. The van der Waals surface area contributed by atoms with E-state index in [1.165, 1.54) is 16.8 Å². The SMILES string of the molecule is COCC(=O)N1C2=CCN(Cc3cccnc3)C(C)=C2CN1c1ccccc1. The van der Waals surface area contributed by atoms with Crippen molar-refractivity contribution >= 4 is 11.6 Å². The van der Waals surface area contributed by atoms with E-state index in [0.717, 1.165) is 24.5 Å². The largest absolute Gasteiger partial charge is 0.375 e. The maximum atomic E-state index is 12.8. The Bertz CT molecular complexity index is 909. The van der Waals surface area contributed by atoms with Gasteiger partial charge in [-0.15, -0.1) is 0 Å². The fraction of sp³-hybridized carbons (Fsp3) is 0.273. The first kappa shape index (κ1) is 18.3. The lowest BCUT2D eigenvalue weighted by Gasteiger charge is -2.32. The highest BCUT2D eigenvalue weighted by molar-refractivity contribution is 5.84. The van der Waals surface area contributed by atoms with E-state index in [1.54, 1.807) is 18.3 Å². The first-order valence-corrected chi connectivity index (χ1v) is 9.37. The van der Waals surface area contributed by atoms with E-state index in [2.05, 4.69) is 29.0 Å². The van der Waals surface area contributed by atoms with Crippen LogP contribution in [0.25, 0.3) is 0 Å². The third-order valence-corrected chi connectivity index (χ3v) is 5.16. The Hall–Kier alpha value is -3.12. The quantitative estimate of drug-likeness (QED) is 0.803. The summed E-state index contributed by atoms with van der Waals surface area (Å²) in [6, 6.07) is 14.0. The second kappa shape index (κ2) is 7.86. The van der Waals surface area contributed by atoms with Gasteiger partial charge in [0.2, 0.25) is 0 Å². The molecule has 0 unspecified atom stereocenters. The highest BCUT2D eigenvalue weighted by Crippen LogP contribution is 2.37. The van der Waals surface area contributed by atoms with Crippen molar-refractivity contribution in [3.63, 3.8) is 0 Å². The summed E-state index contributed by atoms with van der Waals surface area (Å²) in [6.07, 6.45) is 5.82. The second-order valence-corrected chi connectivity index (χ2v) is 6.93. The number of aromatic nitrogens is 1. The molecule has 2 aliphatic heterocycles. The van der Waals surface area contributed by atoms with E-state index in [1.807, 2.05) is 47.6 Å². The maximum Gasteiger partial charge on any atom is 0.271 e. The molecule has 1 amide bonds. The van der Waals surface area contributed by atoms with Crippen LogP contribution in [-0.4, -0.2) is 47.6 Å². The van der Waals surface area contributed by atoms with Gasteiger partial charge in [0.1, 0.15) is 6.61 Å². The topological polar surface area (TPSA) is 48.9 Å². The Kier molecular flexibility index (Phi) is 5.12. The van der Waals surface area contributed by atoms with Crippen LogP contribution in [0, 0.1) is 0 Å². The average Bonchev–Trinajstić information content (AvgIpc) is 3.12. The molecule has 2 aromatic rings. The average molecular weight is 376 g/mol. The lowest BCUT2D eigenvalue weighted by molar-refractivity contribution is -0.133. The zero-order valence-corrected chi connectivity index (χ0v) is 16.2. The van der Waals surface area contributed by atoms with Crippen LogP contribution in [0.5, 0.6) is 0 Å². The van der Waals surface area contributed by atoms with Crippen molar-refractivity contribution in [2.75, 3.05) is 31.8 Å². The van der Waals surface area contributed by atoms with Gasteiger partial charge < -0.3 is 9.64 Å². The Morgan fingerprint density at radius 2 is 2.00 bits per heavy atom. The van der Waals surface area contributed by atoms with Crippen molar-refractivity contribution in [1.82, 2.24) is 14.9 Å². The predicted molar refractivity (Wildman–Crippen MR) is 108 cm³/mol. The highest BCUT2D eigenvalue weighted by atomic mass is 16.5. The van der Waals surface area contributed by atoms with Gasteiger partial charge in [-0.2, -0.15) is 0 Å². The van der Waals surface area contributed by atoms with Crippen LogP contribution >= 0.6 is 0 Å². The number of amides is 1. The van der Waals surface area contributed by atoms with Crippen LogP contribution in [0.15, 0.2) is 77.9 Å². The Morgan fingerprint density at radius 1 is 1.18 bits per heavy atom. The zero-order valence-electron chi connectivity index (χ0n) is 16.2. The normalized spacial score (nSPS) is 16.4. The van der Waals surface area contributed by atoms with E-state index in [9.17, 15) is 4.79 Å². The van der Waals surface area contributed by atoms with Crippen LogP contribution < -0.4 is 5.01 Å². The number of fused-ring (bicyclic) bond motifs is 1. The molecule has 1 saturated heterocycles. The van der Waals surface area contributed by atoms with Gasteiger partial charge in [0.25, 0.3) is 5.91 Å². The number of hydrazine groups is 1. The zero-order chi connectivity index (χ0) is 19.5. The summed E-state index contributed by atoms with van der Waals surface area (Å²) in [7, 11) is 1.55. The summed E-state index contributed by atoms with van der Waals surface area (Å²) in [5, 5.41) is 3.79. The number of carbonyl (C=O) groups excluding carboxylic acids is 1. The van der Waals surface area contributed by atoms with Gasteiger partial charge in [-0.05, 0) is 36.8 Å². The van der Waals surface area contributed by atoms with E-state index in [4.69, 9.17) is 4.74 Å². The third-order valence-electron chi connectivity index (χ3n) is 5.16. The fourth-order valence-electron chi connectivity index (χ4n) is 3.75. The van der Waals surface area contributed by atoms with Crippen molar-refractivity contribution in [2.45, 2.75) is 13.5 Å². The first-order valence-electron chi connectivity index (χ1n) is 9.37. The summed E-state index contributed by atoms with van der Waals surface area (Å²) in [4.78, 5) is 19.4. The number of ether oxygens (including phenoxy) is 1. The van der Waals surface area contributed by atoms with Crippen molar-refractivity contribution in [2.24, 2.45) is 0 Å². The monoisotopic (exact) mass is 376 g/mol. The minimum absolute atomic E-state index is 0.0480. The third kappa shape index (κ3) is 3.39. The van der Waals surface area contributed by atoms with E-state index < -0.39 is 0 Å². The smallest absolute Gasteiger partial charge is 0.271 e. The van der Waals surface area contributed by atoms with Crippen molar-refractivity contribution in [3.05, 3.63) is 83.5 Å². The molecular formula is C22H24N4O2. The van der Waals surface area contributed by atoms with E-state index in [0.29, 0.717) is 6.54 Å². The fourth-order valence-corrected chi connectivity index (χ4v) is 3.75. The molecule has 28 heavy (non-hydrogen) atoms. The molecule has 1 fully saturated rings. The molecule has 0 atom stereocenters. The molecule has 0 bridgehead atoms. The Balaban J connectivity index is 1.67. The molecule has 0 radical (unpaired) electrons. The number of hydrogen-bond donors (Lipinski definition) is 0. The molecule has 1 aromatic carbocycles. The van der Waals surface area contributed by atoms with E-state index in [-0.39, 0.29) is 12.5 Å². The van der Waals surface area contributed by atoms with Crippen molar-refractivity contribution in [3.8, 4) is 0 Å². The molecule has 6 nitrogen and oxygen atoms in total. The lowest BCUT2D eigenvalue weighted by atomic mass is 10.1. The standard InChI is InChI=1S/C22H24N4O2/c1-17-20-15-25(19-8-4-3-5-9-19)26(22(27)16-28-2)21(20)10-12-24(17)14-18-7-6-11-23-13-18/h3-11,13H,12,14-16H2,1-2H3. The van der Waals surface area contributed by atoms with Crippen LogP contribution in [-0.2, 0) is 16.1 Å². The van der Waals surface area contributed by atoms with Gasteiger partial charge in [-0.25, -0.2) is 5.01 Å². The summed E-state index contributed by atoms with van der Waals surface area (Å²) in [6.45, 7) is 4.38. The predicted octanol–water partition coefficient (Wildman–Crippen LogP) is 2.97. The number of anilines is 1. The lowest BCUT2D eigenvalue weighted by Crippen LogP contribution is -2.42. The number of hydrogen-bond acceptors (Lipinski definition) is 5. The van der Waals surface area contributed by atoms with Crippen LogP contribution in [0.3, 0.4) is 0 Å². The summed E-state index contributed by atoms with van der Waals surface area (Å²) in [5.74, 6) is -0.0684. The molecule has 0 aliphatic carbocycles. The number of methoxy groups -OCH3 is 1. The minimum Gasteiger partial charge on any atom is -0.375 e. The molecule has 0 spiro atoms. The van der Waals surface area contributed by atoms with Gasteiger partial charge in [0.15, 0.2) is 0 Å². The molecule has 2 aliphatic rings. The summed E-state index contributed by atoms with van der Waals surface area (Å²) >= 11 is 0. The number of para-hydroxylation sites is 1. The van der Waals surface area contributed by atoms with Gasteiger partial charge in [0, 0.05) is 43.9 Å². The van der Waals surface area contributed by atoms with Crippen LogP contribution in [0.2, 0.25) is 0 Å². The second-order valence-electron chi connectivity index (χ2n) is 6.93. The van der Waals surface area contributed by atoms with Crippen molar-refractivity contribution < 1.29 is 9.53 Å². The number of rotatable bonds is 5. The Morgan fingerprint density at radius 3 is 2.71 bits per heavy atom. The summed E-state index contributed by atoms with van der Waals surface area (Å²) < 4.78 is 5.13. The van der Waals surface area contributed by atoms with Crippen LogP contribution in [0.1, 0.15) is 12.5 Å². The van der Waals surface area contributed by atoms with Crippen molar-refractivity contribution in [1.29, 1.82) is 0 Å².